The maximum atomic E-state index is 13.8. The molecule has 3 aromatic rings. The normalized spacial score (nSPS) is 17.9. The molecule has 8 N–H and O–H groups in total. The molecule has 1 aromatic carbocycles. The first kappa shape index (κ1) is 56.6. The van der Waals surface area contributed by atoms with Crippen LogP contribution in [0.25, 0.3) is 22.3 Å². The second-order valence-electron chi connectivity index (χ2n) is 19.5. The van der Waals surface area contributed by atoms with E-state index in [-0.39, 0.29) is 81.7 Å². The van der Waals surface area contributed by atoms with Crippen molar-refractivity contribution in [3.63, 3.8) is 0 Å². The highest BCUT2D eigenvalue weighted by Crippen LogP contribution is 2.41. The molecule has 6 unspecified atom stereocenters. The first-order valence-corrected chi connectivity index (χ1v) is 25.3. The van der Waals surface area contributed by atoms with E-state index >= 15 is 0 Å². The Balaban J connectivity index is 0.988. The number of para-hydroxylation sites is 1. The minimum Gasteiger partial charge on any atom is -0.481 e. The molecule has 1 aliphatic carbocycles. The van der Waals surface area contributed by atoms with Crippen LogP contribution in [0.4, 0.5) is 0 Å². The third-order valence-electron chi connectivity index (χ3n) is 14.7. The van der Waals surface area contributed by atoms with E-state index in [0.29, 0.717) is 36.2 Å². The largest absolute Gasteiger partial charge is 0.481 e. The number of nitrogens with zero attached hydrogens (tertiary/aromatic N) is 2. The molecule has 4 amide bonds. The molecule has 2 aliphatic heterocycles. The molecule has 75 heavy (non-hydrogen) atoms. The van der Waals surface area contributed by atoms with E-state index in [9.17, 15) is 73.2 Å². The number of hydrogen-bond acceptors (Lipinski definition) is 14. The van der Waals surface area contributed by atoms with Gasteiger partial charge in [-0.2, -0.15) is 0 Å². The third kappa shape index (κ3) is 13.2. The number of hydrogen-bond donors (Lipinski definition) is 8. The molecule has 1 fully saturated rings. The van der Waals surface area contributed by atoms with Crippen molar-refractivity contribution in [3.05, 3.63) is 63.4 Å². The molecule has 0 bridgehead atoms. The molecule has 23 heteroatoms. The van der Waals surface area contributed by atoms with Crippen molar-refractivity contribution in [1.29, 1.82) is 0 Å². The summed E-state index contributed by atoms with van der Waals surface area (Å²) >= 11 is 0. The number of carboxylic acids is 4. The number of carboxylic acid groups (broad SMARTS) is 4. The monoisotopic (exact) mass is 1040 g/mol. The van der Waals surface area contributed by atoms with Gasteiger partial charge in [-0.15, -0.1) is 0 Å². The molecule has 2 aromatic heterocycles. The molecule has 0 saturated heterocycles. The van der Waals surface area contributed by atoms with Gasteiger partial charge < -0.3 is 55.7 Å². The molecule has 7 atom stereocenters. The van der Waals surface area contributed by atoms with Crippen molar-refractivity contribution in [2.45, 2.75) is 123 Å². The summed E-state index contributed by atoms with van der Waals surface area (Å²) in [7, 11) is 0. The number of benzene rings is 1. The van der Waals surface area contributed by atoms with Crippen LogP contribution in [-0.4, -0.2) is 115 Å². The van der Waals surface area contributed by atoms with Crippen molar-refractivity contribution in [1.82, 2.24) is 30.8 Å². The molecule has 4 heterocycles. The molecule has 0 radical (unpaired) electrons. The first-order valence-electron chi connectivity index (χ1n) is 25.3. The van der Waals surface area contributed by atoms with Gasteiger partial charge in [0.05, 0.1) is 71.7 Å². The fourth-order valence-corrected chi connectivity index (χ4v) is 10.2. The lowest BCUT2D eigenvalue weighted by molar-refractivity contribution is -0.189. The number of amides is 4. The molecular weight excluding hydrogens is 981 g/mol. The smallest absolute Gasteiger partial charge is 0.355 e. The summed E-state index contributed by atoms with van der Waals surface area (Å²) in [6.45, 7) is 2.38. The van der Waals surface area contributed by atoms with Crippen molar-refractivity contribution in [3.8, 4) is 11.4 Å². The van der Waals surface area contributed by atoms with Gasteiger partial charge >= 0.3 is 35.8 Å². The van der Waals surface area contributed by atoms with Gasteiger partial charge in [-0.1, -0.05) is 58.2 Å². The van der Waals surface area contributed by atoms with Crippen molar-refractivity contribution >= 4 is 70.3 Å². The van der Waals surface area contributed by atoms with Crippen molar-refractivity contribution < 1.29 is 77.8 Å². The number of carbonyl (C=O) groups excluding carboxylic acids is 6. The minimum atomic E-state index is -2.04. The van der Waals surface area contributed by atoms with E-state index in [2.05, 4.69) is 21.3 Å². The van der Waals surface area contributed by atoms with E-state index in [0.717, 1.165) is 17.4 Å². The van der Waals surface area contributed by atoms with Crippen LogP contribution in [0, 0.1) is 35.5 Å². The second kappa shape index (κ2) is 25.0. The third-order valence-corrected chi connectivity index (χ3v) is 14.7. The predicted molar refractivity (Wildman–Crippen MR) is 263 cm³/mol. The van der Waals surface area contributed by atoms with Crippen LogP contribution in [0.5, 0.6) is 0 Å². The predicted octanol–water partition coefficient (Wildman–Crippen LogP) is 2.84. The number of aromatic nitrogens is 2. The maximum Gasteiger partial charge on any atom is 0.355 e. The second-order valence-corrected chi connectivity index (χ2v) is 19.5. The first-order chi connectivity index (χ1) is 35.7. The van der Waals surface area contributed by atoms with Crippen LogP contribution in [0.2, 0.25) is 0 Å². The van der Waals surface area contributed by atoms with Gasteiger partial charge in [-0.3, -0.25) is 47.9 Å². The van der Waals surface area contributed by atoms with Crippen LogP contribution in [0.15, 0.2) is 41.2 Å². The fraction of sp³-hybridized carbons (Fsp3) is 0.538. The number of fused-ring (bicyclic) bond motifs is 5. The average molecular weight is 1050 g/mol. The van der Waals surface area contributed by atoms with E-state index in [1.807, 2.05) is 30.3 Å². The molecule has 0 spiro atoms. The summed E-state index contributed by atoms with van der Waals surface area (Å²) in [6.07, 6.45) is 2.07. The van der Waals surface area contributed by atoms with Crippen LogP contribution in [0.1, 0.15) is 115 Å². The van der Waals surface area contributed by atoms with Crippen LogP contribution in [-0.2, 0) is 76.2 Å². The number of esters is 2. The minimum absolute atomic E-state index is 0.00864. The van der Waals surface area contributed by atoms with Crippen LogP contribution in [0.3, 0.4) is 0 Å². The Hall–Kier alpha value is -7.72. The van der Waals surface area contributed by atoms with E-state index in [4.69, 9.17) is 14.5 Å². The standard InChI is InChI=1S/C52H64N6O17/c1-4-11-33(48(67)68)35(50(71)72)18-10-17-34(49(69)70)32(45(63)56-30-13-8-14-30)16-9-15-31(47(65)66)27(3)44(62)55-23-41(60)53-22-40(59)54-24-42(61)75-52(5-2)37-21-39-43-29(20-28-12-6-7-19-38(28)57-43)25-58(39)46(64)36(37)26-74-51(52)73/h6-7,12,19-21,27,30-35H,4-5,8-11,13-18,22-26H2,1-3H3,(H,53,60)(H,54,59)(H,55,62)(H,56,63)(H,65,66)(H,67,68)(H,69,70)(H,71,72)/t27?,31?,32?,33?,34?,35?,52-/m0/s1. The summed E-state index contributed by atoms with van der Waals surface area (Å²) in [6, 6.07) is 10.8. The Kier molecular flexibility index (Phi) is 18.9. The van der Waals surface area contributed by atoms with Gasteiger partial charge in [0.25, 0.3) is 5.56 Å². The topological polar surface area (TPSA) is 353 Å². The van der Waals surface area contributed by atoms with Gasteiger partial charge in [-0.05, 0) is 76.0 Å². The average Bonchev–Trinajstić information content (AvgIpc) is 3.72. The maximum absolute atomic E-state index is 13.8. The number of nitrogens with one attached hydrogen (secondary N) is 4. The van der Waals surface area contributed by atoms with Gasteiger partial charge in [0, 0.05) is 28.5 Å². The summed E-state index contributed by atoms with van der Waals surface area (Å²) in [5, 5.41) is 50.5. The number of cyclic esters (lactones) is 1. The quantitative estimate of drug-likeness (QED) is 0.0379. The van der Waals surface area contributed by atoms with E-state index in [1.165, 1.54) is 11.5 Å². The Morgan fingerprint density at radius 3 is 1.92 bits per heavy atom. The van der Waals surface area contributed by atoms with Gasteiger partial charge in [0.15, 0.2) is 0 Å². The Morgan fingerprint density at radius 1 is 0.747 bits per heavy atom. The molecule has 3 aliphatic rings. The number of aliphatic carboxylic acids is 4. The molecule has 23 nitrogen and oxygen atoms in total. The lowest BCUT2D eigenvalue weighted by atomic mass is 9.79. The number of pyridine rings is 2. The lowest BCUT2D eigenvalue weighted by Gasteiger charge is -2.35. The Bertz CT molecular complexity index is 2790. The Labute approximate surface area is 430 Å². The highest BCUT2D eigenvalue weighted by atomic mass is 16.6. The SMILES string of the molecule is CCCC(C(=O)O)C(CCCC(C(=O)O)C(CCCC(C(=O)O)C(C)C(=O)NCC(=O)NCC(=O)NCC(=O)O[C@]1(CC)C(=O)OCc2c1cc1n(c2=O)Cc2cc3ccccc3nc2-1)C(=O)NC1CCC1)C(=O)O. The van der Waals surface area contributed by atoms with Crippen molar-refractivity contribution in [2.24, 2.45) is 35.5 Å². The van der Waals surface area contributed by atoms with E-state index in [1.54, 1.807) is 19.9 Å². The summed E-state index contributed by atoms with van der Waals surface area (Å²) in [5.74, 6) is -17.9. The van der Waals surface area contributed by atoms with Gasteiger partial charge in [0.1, 0.15) is 13.2 Å². The highest BCUT2D eigenvalue weighted by molar-refractivity contribution is 5.92. The fourth-order valence-electron chi connectivity index (χ4n) is 10.2. The number of rotatable bonds is 28. The Morgan fingerprint density at radius 2 is 1.32 bits per heavy atom. The van der Waals surface area contributed by atoms with E-state index < -0.39 is 126 Å². The molecule has 1 saturated carbocycles. The van der Waals surface area contributed by atoms with Gasteiger partial charge in [0.2, 0.25) is 29.2 Å². The zero-order chi connectivity index (χ0) is 54.7. The summed E-state index contributed by atoms with van der Waals surface area (Å²) < 4.78 is 12.6. The zero-order valence-corrected chi connectivity index (χ0v) is 42.0. The number of ether oxygens (including phenoxy) is 2. The molecular formula is C52H64N6O17. The highest BCUT2D eigenvalue weighted by Gasteiger charge is 2.50. The van der Waals surface area contributed by atoms with Crippen molar-refractivity contribution in [2.75, 3.05) is 19.6 Å². The van der Waals surface area contributed by atoms with Gasteiger partial charge in [-0.25, -0.2) is 9.78 Å². The summed E-state index contributed by atoms with van der Waals surface area (Å²) in [5.41, 5.74) is 0.237. The molecule has 404 valence electrons. The zero-order valence-electron chi connectivity index (χ0n) is 42.0. The van der Waals surface area contributed by atoms with Crippen LogP contribution >= 0.6 is 0 Å². The van der Waals surface area contributed by atoms with Crippen LogP contribution < -0.4 is 26.8 Å². The summed E-state index contributed by atoms with van der Waals surface area (Å²) in [4.78, 5) is 146. The molecule has 6 rings (SSSR count). The lowest BCUT2D eigenvalue weighted by Crippen LogP contribution is -2.49. The number of carbonyl (C=O) groups is 10.